The number of carbonyl (C=O) groups is 1. The number of carbonyl (C=O) groups excluding carboxylic acids is 1. The number of ether oxygens (including phenoxy) is 2. The maximum Gasteiger partial charge on any atom is 0.258 e. The van der Waals surface area contributed by atoms with Crippen LogP contribution in [0, 0.1) is 19.8 Å². The molecule has 2 aromatic carbocycles. The number of hydrogen-bond donors (Lipinski definition) is 1. The predicted octanol–water partition coefficient (Wildman–Crippen LogP) is 4.59. The minimum Gasteiger partial charge on any atom is -0.497 e. The Bertz CT molecular complexity index is 723. The van der Waals surface area contributed by atoms with E-state index in [1.54, 1.807) is 7.11 Å². The molecule has 1 amide bonds. The summed E-state index contributed by atoms with van der Waals surface area (Å²) < 4.78 is 10.9. The van der Waals surface area contributed by atoms with Crippen LogP contribution in [0.5, 0.6) is 11.5 Å². The lowest BCUT2D eigenvalue weighted by atomic mass is 9.97. The summed E-state index contributed by atoms with van der Waals surface area (Å²) in [5, 5.41) is 3.10. The molecule has 0 bridgehead atoms. The van der Waals surface area contributed by atoms with Crippen molar-refractivity contribution in [3.63, 3.8) is 0 Å². The highest BCUT2D eigenvalue weighted by Crippen LogP contribution is 2.24. The topological polar surface area (TPSA) is 47.6 Å². The largest absolute Gasteiger partial charge is 0.497 e. The van der Waals surface area contributed by atoms with Gasteiger partial charge < -0.3 is 14.8 Å². The van der Waals surface area contributed by atoms with Crippen LogP contribution >= 0.6 is 0 Å². The van der Waals surface area contributed by atoms with Gasteiger partial charge in [0.2, 0.25) is 0 Å². The molecule has 0 fully saturated rings. The summed E-state index contributed by atoms with van der Waals surface area (Å²) in [7, 11) is 1.65. The maximum atomic E-state index is 12.4. The third-order valence-corrected chi connectivity index (χ3v) is 4.47. The normalized spacial score (nSPS) is 11.9. The molecule has 0 aliphatic carbocycles. The number of aryl methyl sites for hydroxylation is 1. The summed E-state index contributed by atoms with van der Waals surface area (Å²) >= 11 is 0. The SMILES string of the molecule is COc1ccc(C(CC(C)C)NC(=O)COc2cccc(C)c2C)cc1. The number of nitrogens with one attached hydrogen (secondary N) is 1. The van der Waals surface area contributed by atoms with Gasteiger partial charge in [0, 0.05) is 0 Å². The van der Waals surface area contributed by atoms with Crippen molar-refractivity contribution < 1.29 is 14.3 Å². The highest BCUT2D eigenvalue weighted by Gasteiger charge is 2.17. The summed E-state index contributed by atoms with van der Waals surface area (Å²) in [5.41, 5.74) is 3.28. The van der Waals surface area contributed by atoms with E-state index in [9.17, 15) is 4.79 Å². The molecule has 2 rings (SSSR count). The first-order valence-electron chi connectivity index (χ1n) is 9.03. The molecular formula is C22H29NO3. The van der Waals surface area contributed by atoms with E-state index in [0.29, 0.717) is 5.92 Å². The van der Waals surface area contributed by atoms with E-state index in [4.69, 9.17) is 9.47 Å². The second-order valence-corrected chi connectivity index (χ2v) is 7.01. The van der Waals surface area contributed by atoms with E-state index in [1.807, 2.05) is 56.3 Å². The van der Waals surface area contributed by atoms with Crippen molar-refractivity contribution in [3.8, 4) is 11.5 Å². The molecule has 0 radical (unpaired) electrons. The van der Waals surface area contributed by atoms with Crippen LogP contribution in [0.1, 0.15) is 43.0 Å². The Morgan fingerprint density at radius 1 is 1.08 bits per heavy atom. The standard InChI is InChI=1S/C22H29NO3/c1-15(2)13-20(18-9-11-19(25-5)12-10-18)23-22(24)14-26-21-8-6-7-16(3)17(21)4/h6-12,15,20H,13-14H2,1-5H3,(H,23,24). The van der Waals surface area contributed by atoms with Gasteiger partial charge in [0.15, 0.2) is 6.61 Å². The number of methoxy groups -OCH3 is 1. The van der Waals surface area contributed by atoms with Gasteiger partial charge in [0.1, 0.15) is 11.5 Å². The summed E-state index contributed by atoms with van der Waals surface area (Å²) in [6, 6.07) is 13.7. The van der Waals surface area contributed by atoms with Crippen LogP contribution < -0.4 is 14.8 Å². The highest BCUT2D eigenvalue weighted by molar-refractivity contribution is 5.78. The second-order valence-electron chi connectivity index (χ2n) is 7.01. The van der Waals surface area contributed by atoms with E-state index >= 15 is 0 Å². The third kappa shape index (κ3) is 5.51. The molecule has 1 unspecified atom stereocenters. The van der Waals surface area contributed by atoms with E-state index in [1.165, 1.54) is 0 Å². The fraction of sp³-hybridized carbons (Fsp3) is 0.409. The minimum absolute atomic E-state index is 0.00897. The van der Waals surface area contributed by atoms with Crippen molar-refractivity contribution in [1.82, 2.24) is 5.32 Å². The maximum absolute atomic E-state index is 12.4. The van der Waals surface area contributed by atoms with E-state index in [2.05, 4.69) is 19.2 Å². The Hall–Kier alpha value is -2.49. The number of amides is 1. The molecule has 140 valence electrons. The predicted molar refractivity (Wildman–Crippen MR) is 105 cm³/mol. The van der Waals surface area contributed by atoms with Gasteiger partial charge in [-0.05, 0) is 61.1 Å². The lowest BCUT2D eigenvalue weighted by Gasteiger charge is -2.22. The second kappa shape index (κ2) is 9.27. The summed E-state index contributed by atoms with van der Waals surface area (Å²) in [6.07, 6.45) is 0.863. The van der Waals surface area contributed by atoms with Crippen molar-refractivity contribution >= 4 is 5.91 Å². The van der Waals surface area contributed by atoms with Crippen LogP contribution in [0.2, 0.25) is 0 Å². The van der Waals surface area contributed by atoms with Crippen LogP contribution in [0.3, 0.4) is 0 Å². The monoisotopic (exact) mass is 355 g/mol. The molecule has 0 aromatic heterocycles. The molecule has 0 aliphatic rings. The van der Waals surface area contributed by atoms with Crippen LogP contribution in [0.15, 0.2) is 42.5 Å². The van der Waals surface area contributed by atoms with Gasteiger partial charge in [0.05, 0.1) is 13.2 Å². The third-order valence-electron chi connectivity index (χ3n) is 4.47. The average molecular weight is 355 g/mol. The summed E-state index contributed by atoms with van der Waals surface area (Å²) in [5.74, 6) is 1.90. The zero-order chi connectivity index (χ0) is 19.1. The lowest BCUT2D eigenvalue weighted by molar-refractivity contribution is -0.124. The van der Waals surface area contributed by atoms with Gasteiger partial charge in [-0.1, -0.05) is 38.1 Å². The van der Waals surface area contributed by atoms with Crippen molar-refractivity contribution in [3.05, 3.63) is 59.2 Å². The molecule has 26 heavy (non-hydrogen) atoms. The van der Waals surface area contributed by atoms with E-state index in [-0.39, 0.29) is 18.6 Å². The average Bonchev–Trinajstić information content (AvgIpc) is 2.62. The molecule has 4 heteroatoms. The van der Waals surface area contributed by atoms with Gasteiger partial charge >= 0.3 is 0 Å². The Kier molecular flexibility index (Phi) is 7.07. The molecular weight excluding hydrogens is 326 g/mol. The zero-order valence-electron chi connectivity index (χ0n) is 16.3. The molecule has 1 atom stereocenters. The van der Waals surface area contributed by atoms with Crippen LogP contribution in [0.4, 0.5) is 0 Å². The van der Waals surface area contributed by atoms with Gasteiger partial charge in [-0.15, -0.1) is 0 Å². The fourth-order valence-electron chi connectivity index (χ4n) is 2.85. The minimum atomic E-state index is -0.118. The molecule has 1 N–H and O–H groups in total. The zero-order valence-corrected chi connectivity index (χ0v) is 16.3. The Balaban J connectivity index is 2.02. The molecule has 2 aromatic rings. The highest BCUT2D eigenvalue weighted by atomic mass is 16.5. The Morgan fingerprint density at radius 2 is 1.77 bits per heavy atom. The molecule has 0 heterocycles. The number of hydrogen-bond acceptors (Lipinski definition) is 3. The quantitative estimate of drug-likeness (QED) is 0.753. The van der Waals surface area contributed by atoms with Gasteiger partial charge in [0.25, 0.3) is 5.91 Å². The lowest BCUT2D eigenvalue weighted by Crippen LogP contribution is -2.33. The first-order valence-corrected chi connectivity index (χ1v) is 9.03. The van der Waals surface area contributed by atoms with Crippen molar-refractivity contribution in [2.75, 3.05) is 13.7 Å². The van der Waals surface area contributed by atoms with Crippen molar-refractivity contribution in [2.24, 2.45) is 5.92 Å². The summed E-state index contributed by atoms with van der Waals surface area (Å²) in [6.45, 7) is 8.34. The first kappa shape index (κ1) is 19.8. The Labute approximate surface area is 156 Å². The Morgan fingerprint density at radius 3 is 2.38 bits per heavy atom. The number of rotatable bonds is 8. The molecule has 0 aliphatic heterocycles. The van der Waals surface area contributed by atoms with Crippen LogP contribution in [-0.2, 0) is 4.79 Å². The van der Waals surface area contributed by atoms with Crippen LogP contribution in [0.25, 0.3) is 0 Å². The van der Waals surface area contributed by atoms with E-state index in [0.717, 1.165) is 34.6 Å². The van der Waals surface area contributed by atoms with Crippen LogP contribution in [-0.4, -0.2) is 19.6 Å². The van der Waals surface area contributed by atoms with Crippen molar-refractivity contribution in [2.45, 2.75) is 40.2 Å². The summed E-state index contributed by atoms with van der Waals surface area (Å²) in [4.78, 5) is 12.4. The number of benzene rings is 2. The first-order chi connectivity index (χ1) is 12.4. The van der Waals surface area contributed by atoms with Gasteiger partial charge in [-0.25, -0.2) is 0 Å². The smallest absolute Gasteiger partial charge is 0.258 e. The molecule has 0 saturated carbocycles. The molecule has 0 spiro atoms. The van der Waals surface area contributed by atoms with Gasteiger partial charge in [-0.3, -0.25) is 4.79 Å². The molecule has 0 saturated heterocycles. The van der Waals surface area contributed by atoms with E-state index < -0.39 is 0 Å². The van der Waals surface area contributed by atoms with Crippen molar-refractivity contribution in [1.29, 1.82) is 0 Å². The van der Waals surface area contributed by atoms with Gasteiger partial charge in [-0.2, -0.15) is 0 Å². The molecule has 4 nitrogen and oxygen atoms in total. The fourth-order valence-corrected chi connectivity index (χ4v) is 2.85.